The van der Waals surface area contributed by atoms with Gasteiger partial charge in [-0.25, -0.2) is 0 Å². The van der Waals surface area contributed by atoms with Gasteiger partial charge in [0, 0.05) is 18.6 Å². The molecule has 0 bridgehead atoms. The molecule has 18 heavy (non-hydrogen) atoms. The molecular weight excluding hydrogens is 220 g/mol. The number of rotatable bonds is 7. The highest BCUT2D eigenvalue weighted by atomic mass is 15.2. The average molecular weight is 252 g/mol. The van der Waals surface area contributed by atoms with Crippen LogP contribution in [0.5, 0.6) is 0 Å². The summed E-state index contributed by atoms with van der Waals surface area (Å²) in [6.45, 7) is 8.26. The Bertz CT molecular complexity index is 217. The summed E-state index contributed by atoms with van der Waals surface area (Å²) in [6.07, 6.45) is 11.6. The van der Waals surface area contributed by atoms with E-state index in [0.717, 1.165) is 24.5 Å². The van der Waals surface area contributed by atoms with Gasteiger partial charge in [0.05, 0.1) is 0 Å². The van der Waals surface area contributed by atoms with Crippen LogP contribution in [0.1, 0.15) is 65.2 Å². The predicted octanol–water partition coefficient (Wildman–Crippen LogP) is 3.42. The van der Waals surface area contributed by atoms with Crippen LogP contribution in [0.4, 0.5) is 0 Å². The van der Waals surface area contributed by atoms with Crippen LogP contribution in [-0.4, -0.2) is 36.6 Å². The largest absolute Gasteiger partial charge is 0.313 e. The van der Waals surface area contributed by atoms with Gasteiger partial charge in [-0.2, -0.15) is 0 Å². The van der Waals surface area contributed by atoms with Crippen LogP contribution in [0, 0.1) is 5.92 Å². The smallest absolute Gasteiger partial charge is 0.0223 e. The number of nitrogens with zero attached hydrogens (tertiary/aromatic N) is 1. The number of likely N-dealkylation sites (N-methyl/N-ethyl adjacent to an activating group) is 2. The molecule has 2 nitrogen and oxygen atoms in total. The summed E-state index contributed by atoms with van der Waals surface area (Å²) in [6, 6.07) is 1.63. The van der Waals surface area contributed by atoms with Crippen molar-refractivity contribution in [2.45, 2.75) is 77.3 Å². The molecule has 0 aliphatic heterocycles. The highest BCUT2D eigenvalue weighted by molar-refractivity contribution is 4.86. The fourth-order valence-corrected chi connectivity index (χ4v) is 4.06. The summed E-state index contributed by atoms with van der Waals surface area (Å²) in [5.74, 6) is 0.945. The van der Waals surface area contributed by atoms with E-state index in [2.05, 4.69) is 24.1 Å². The van der Waals surface area contributed by atoms with Crippen LogP contribution < -0.4 is 5.32 Å². The lowest BCUT2D eigenvalue weighted by Crippen LogP contribution is -2.47. The Morgan fingerprint density at radius 1 is 1.00 bits per heavy atom. The molecule has 0 spiro atoms. The van der Waals surface area contributed by atoms with Gasteiger partial charge in [-0.05, 0) is 44.7 Å². The minimum absolute atomic E-state index is 0.748. The SMILES string of the molecule is CCNC(CN(CC)C1CCCC1)C1CCCC1. The third-order valence-corrected chi connectivity index (χ3v) is 5.11. The fourth-order valence-electron chi connectivity index (χ4n) is 4.06. The Hall–Kier alpha value is -0.0800. The molecule has 2 rings (SSSR count). The van der Waals surface area contributed by atoms with E-state index in [0.29, 0.717) is 0 Å². The topological polar surface area (TPSA) is 15.3 Å². The van der Waals surface area contributed by atoms with Gasteiger partial charge in [-0.15, -0.1) is 0 Å². The molecule has 0 saturated heterocycles. The second kappa shape index (κ2) is 7.49. The van der Waals surface area contributed by atoms with E-state index < -0.39 is 0 Å². The molecule has 106 valence electrons. The Kier molecular flexibility index (Phi) is 5.97. The third kappa shape index (κ3) is 3.71. The Balaban J connectivity index is 1.88. The lowest BCUT2D eigenvalue weighted by atomic mass is 9.96. The van der Waals surface area contributed by atoms with Gasteiger partial charge in [0.25, 0.3) is 0 Å². The van der Waals surface area contributed by atoms with Crippen molar-refractivity contribution in [3.63, 3.8) is 0 Å². The van der Waals surface area contributed by atoms with Crippen molar-refractivity contribution in [2.75, 3.05) is 19.6 Å². The van der Waals surface area contributed by atoms with E-state index in [1.807, 2.05) is 0 Å². The fraction of sp³-hybridized carbons (Fsp3) is 1.00. The summed E-state index contributed by atoms with van der Waals surface area (Å²) in [5, 5.41) is 3.77. The summed E-state index contributed by atoms with van der Waals surface area (Å²) >= 11 is 0. The van der Waals surface area contributed by atoms with Crippen molar-refractivity contribution in [1.82, 2.24) is 10.2 Å². The molecule has 0 aromatic rings. The van der Waals surface area contributed by atoms with Crippen molar-refractivity contribution >= 4 is 0 Å². The number of hydrogen-bond donors (Lipinski definition) is 1. The first kappa shape index (κ1) is 14.3. The average Bonchev–Trinajstić information content (AvgIpc) is 3.06. The third-order valence-electron chi connectivity index (χ3n) is 5.11. The standard InChI is InChI=1S/C16H32N2/c1-3-17-16(14-9-5-6-10-14)13-18(4-2)15-11-7-8-12-15/h14-17H,3-13H2,1-2H3. The van der Waals surface area contributed by atoms with Gasteiger partial charge in [0.15, 0.2) is 0 Å². The van der Waals surface area contributed by atoms with Crippen LogP contribution >= 0.6 is 0 Å². The van der Waals surface area contributed by atoms with E-state index in [9.17, 15) is 0 Å². The highest BCUT2D eigenvalue weighted by Gasteiger charge is 2.29. The molecular formula is C16H32N2. The molecule has 1 N–H and O–H groups in total. The molecule has 1 atom stereocenters. The molecule has 0 aromatic heterocycles. The van der Waals surface area contributed by atoms with Crippen LogP contribution in [0.15, 0.2) is 0 Å². The van der Waals surface area contributed by atoms with Crippen molar-refractivity contribution in [2.24, 2.45) is 5.92 Å². The molecule has 0 radical (unpaired) electrons. The van der Waals surface area contributed by atoms with Crippen molar-refractivity contribution in [3.05, 3.63) is 0 Å². The lowest BCUT2D eigenvalue weighted by Gasteiger charge is -2.34. The van der Waals surface area contributed by atoms with Crippen LogP contribution in [0.2, 0.25) is 0 Å². The Labute approximate surface area is 114 Å². The van der Waals surface area contributed by atoms with E-state index in [-0.39, 0.29) is 0 Å². The second-order valence-electron chi connectivity index (χ2n) is 6.23. The van der Waals surface area contributed by atoms with Gasteiger partial charge >= 0.3 is 0 Å². The predicted molar refractivity (Wildman–Crippen MR) is 78.9 cm³/mol. The molecule has 2 fully saturated rings. The second-order valence-corrected chi connectivity index (χ2v) is 6.23. The Morgan fingerprint density at radius 3 is 2.17 bits per heavy atom. The summed E-state index contributed by atoms with van der Waals surface area (Å²) < 4.78 is 0. The molecule has 2 aliphatic carbocycles. The first-order chi connectivity index (χ1) is 8.85. The van der Waals surface area contributed by atoms with Crippen molar-refractivity contribution in [3.8, 4) is 0 Å². The zero-order valence-corrected chi connectivity index (χ0v) is 12.5. The van der Waals surface area contributed by atoms with Crippen LogP contribution in [-0.2, 0) is 0 Å². The summed E-state index contributed by atoms with van der Waals surface area (Å²) in [7, 11) is 0. The maximum Gasteiger partial charge on any atom is 0.0223 e. The molecule has 1 unspecified atom stereocenters. The van der Waals surface area contributed by atoms with Gasteiger partial charge in [0.2, 0.25) is 0 Å². The van der Waals surface area contributed by atoms with Crippen LogP contribution in [0.3, 0.4) is 0 Å². The summed E-state index contributed by atoms with van der Waals surface area (Å²) in [5.41, 5.74) is 0. The van der Waals surface area contributed by atoms with Crippen molar-refractivity contribution in [1.29, 1.82) is 0 Å². The molecule has 0 aromatic carbocycles. The van der Waals surface area contributed by atoms with E-state index >= 15 is 0 Å². The highest BCUT2D eigenvalue weighted by Crippen LogP contribution is 2.30. The first-order valence-corrected chi connectivity index (χ1v) is 8.32. The van der Waals surface area contributed by atoms with E-state index in [4.69, 9.17) is 0 Å². The van der Waals surface area contributed by atoms with Crippen LogP contribution in [0.25, 0.3) is 0 Å². The maximum absolute atomic E-state index is 3.77. The molecule has 0 heterocycles. The molecule has 2 aliphatic rings. The van der Waals surface area contributed by atoms with Gasteiger partial charge in [-0.1, -0.05) is 39.5 Å². The first-order valence-electron chi connectivity index (χ1n) is 8.32. The Morgan fingerprint density at radius 2 is 1.61 bits per heavy atom. The zero-order valence-electron chi connectivity index (χ0n) is 12.5. The normalized spacial score (nSPS) is 24.2. The number of nitrogens with one attached hydrogen (secondary N) is 1. The minimum Gasteiger partial charge on any atom is -0.313 e. The molecule has 2 saturated carbocycles. The zero-order chi connectivity index (χ0) is 12.8. The maximum atomic E-state index is 3.77. The van der Waals surface area contributed by atoms with Gasteiger partial charge < -0.3 is 5.32 Å². The lowest BCUT2D eigenvalue weighted by molar-refractivity contribution is 0.165. The van der Waals surface area contributed by atoms with E-state index in [1.165, 1.54) is 64.5 Å². The van der Waals surface area contributed by atoms with Gasteiger partial charge in [-0.3, -0.25) is 4.90 Å². The molecule has 0 amide bonds. The quantitative estimate of drug-likeness (QED) is 0.747. The van der Waals surface area contributed by atoms with Crippen molar-refractivity contribution < 1.29 is 0 Å². The monoisotopic (exact) mass is 252 g/mol. The van der Waals surface area contributed by atoms with E-state index in [1.54, 1.807) is 0 Å². The number of hydrogen-bond acceptors (Lipinski definition) is 2. The minimum atomic E-state index is 0.748. The van der Waals surface area contributed by atoms with Gasteiger partial charge in [0.1, 0.15) is 0 Å². The summed E-state index contributed by atoms with van der Waals surface area (Å²) in [4.78, 5) is 2.76. The molecule has 2 heteroatoms.